The number of hydrogen-bond donors (Lipinski definition) is 1. The van der Waals surface area contributed by atoms with Gasteiger partial charge in [0.15, 0.2) is 10.9 Å². The summed E-state index contributed by atoms with van der Waals surface area (Å²) in [6.07, 6.45) is 0. The van der Waals surface area contributed by atoms with E-state index in [0.29, 0.717) is 24.4 Å². The number of hydrogen-bond acceptors (Lipinski definition) is 5. The van der Waals surface area contributed by atoms with E-state index >= 15 is 0 Å². The van der Waals surface area contributed by atoms with Gasteiger partial charge >= 0.3 is 0 Å². The smallest absolute Gasteiger partial charge is 0.259 e. The van der Waals surface area contributed by atoms with Crippen LogP contribution in [0.2, 0.25) is 8.67 Å². The Hall–Kier alpha value is -1.73. The number of benzene rings is 1. The van der Waals surface area contributed by atoms with E-state index in [9.17, 15) is 9.59 Å². The van der Waals surface area contributed by atoms with Crippen molar-refractivity contribution in [2.45, 2.75) is 6.92 Å². The number of ketones is 1. The lowest BCUT2D eigenvalue weighted by atomic mass is 10.1. The van der Waals surface area contributed by atoms with Gasteiger partial charge in [0.05, 0.1) is 20.5 Å². The summed E-state index contributed by atoms with van der Waals surface area (Å²) < 4.78 is 0.739. The predicted octanol–water partition coefficient (Wildman–Crippen LogP) is 5.63. The zero-order valence-electron chi connectivity index (χ0n) is 12.3. The largest absolute Gasteiger partial charge is 0.298 e. The van der Waals surface area contributed by atoms with Crippen LogP contribution >= 0.6 is 45.9 Å². The molecule has 3 aromatic rings. The number of Topliss-reactive ketones (excluding diaryl/α,β-unsaturated/α-hetero) is 1. The minimum absolute atomic E-state index is 0.108. The fraction of sp³-hybridized carbons (Fsp3) is 0.0625. The van der Waals surface area contributed by atoms with E-state index in [1.807, 2.05) is 30.3 Å². The van der Waals surface area contributed by atoms with Crippen molar-refractivity contribution in [1.82, 2.24) is 4.98 Å². The second-order valence-corrected chi connectivity index (χ2v) is 8.10. The zero-order valence-corrected chi connectivity index (χ0v) is 15.4. The molecule has 24 heavy (non-hydrogen) atoms. The Bertz CT molecular complexity index is 920. The molecule has 0 spiro atoms. The molecule has 0 radical (unpaired) electrons. The van der Waals surface area contributed by atoms with E-state index in [1.165, 1.54) is 13.0 Å². The molecule has 122 valence electrons. The average molecular weight is 397 g/mol. The van der Waals surface area contributed by atoms with Gasteiger partial charge in [-0.25, -0.2) is 4.98 Å². The fourth-order valence-electron chi connectivity index (χ4n) is 2.06. The molecule has 0 atom stereocenters. The highest BCUT2D eigenvalue weighted by molar-refractivity contribution is 7.20. The van der Waals surface area contributed by atoms with Crippen molar-refractivity contribution < 1.29 is 9.59 Å². The summed E-state index contributed by atoms with van der Waals surface area (Å²) in [7, 11) is 0. The van der Waals surface area contributed by atoms with Gasteiger partial charge in [-0.2, -0.15) is 0 Å². The van der Waals surface area contributed by atoms with E-state index in [-0.39, 0.29) is 11.3 Å². The molecule has 0 aliphatic heterocycles. The molecule has 1 aromatic carbocycles. The van der Waals surface area contributed by atoms with E-state index in [1.54, 1.807) is 0 Å². The fourth-order valence-corrected chi connectivity index (χ4v) is 4.40. The number of thiophene rings is 1. The standard InChI is InChI=1S/C16H10Cl2N2O2S2/c1-8(21)13-12(9-5-3-2-4-6-9)19-16(24-13)20-15(22)10-7-11(17)23-14(10)18/h2-7H,1H3,(H,19,20,22). The molecule has 1 amide bonds. The quantitative estimate of drug-likeness (QED) is 0.580. The Kier molecular flexibility index (Phi) is 5.01. The minimum Gasteiger partial charge on any atom is -0.298 e. The van der Waals surface area contributed by atoms with Gasteiger partial charge in [0.1, 0.15) is 4.34 Å². The van der Waals surface area contributed by atoms with Crippen LogP contribution in [-0.2, 0) is 0 Å². The highest BCUT2D eigenvalue weighted by Crippen LogP contribution is 2.34. The van der Waals surface area contributed by atoms with Gasteiger partial charge in [-0.15, -0.1) is 11.3 Å². The van der Waals surface area contributed by atoms with Crippen LogP contribution in [0.1, 0.15) is 27.0 Å². The van der Waals surface area contributed by atoms with E-state index in [0.717, 1.165) is 28.2 Å². The number of carbonyl (C=O) groups is 2. The first-order valence-electron chi connectivity index (χ1n) is 6.79. The SMILES string of the molecule is CC(=O)c1sc(NC(=O)c2cc(Cl)sc2Cl)nc1-c1ccccc1. The topological polar surface area (TPSA) is 59.1 Å². The molecule has 0 unspecified atom stereocenters. The summed E-state index contributed by atoms with van der Waals surface area (Å²) in [5.41, 5.74) is 1.65. The maximum Gasteiger partial charge on any atom is 0.259 e. The van der Waals surface area contributed by atoms with Crippen molar-refractivity contribution in [3.63, 3.8) is 0 Å². The number of nitrogens with one attached hydrogen (secondary N) is 1. The summed E-state index contributed by atoms with van der Waals surface area (Å²) in [4.78, 5) is 29.1. The molecule has 0 saturated heterocycles. The van der Waals surface area contributed by atoms with Crippen LogP contribution in [0.5, 0.6) is 0 Å². The Morgan fingerprint density at radius 1 is 1.12 bits per heavy atom. The molecular formula is C16H10Cl2N2O2S2. The summed E-state index contributed by atoms with van der Waals surface area (Å²) in [5, 5.41) is 3.01. The summed E-state index contributed by atoms with van der Waals surface area (Å²) in [6.45, 7) is 1.47. The molecule has 0 bridgehead atoms. The number of halogens is 2. The van der Waals surface area contributed by atoms with E-state index in [2.05, 4.69) is 10.3 Å². The van der Waals surface area contributed by atoms with Crippen molar-refractivity contribution in [3.05, 3.63) is 55.5 Å². The van der Waals surface area contributed by atoms with Crippen LogP contribution in [0.3, 0.4) is 0 Å². The van der Waals surface area contributed by atoms with Crippen molar-refractivity contribution in [1.29, 1.82) is 0 Å². The van der Waals surface area contributed by atoms with Crippen LogP contribution < -0.4 is 5.32 Å². The first-order chi connectivity index (χ1) is 11.5. The van der Waals surface area contributed by atoms with Gasteiger partial charge in [0.2, 0.25) is 0 Å². The third kappa shape index (κ3) is 3.52. The average Bonchev–Trinajstić information content (AvgIpc) is 3.11. The van der Waals surface area contributed by atoms with Gasteiger partial charge < -0.3 is 0 Å². The number of rotatable bonds is 4. The van der Waals surface area contributed by atoms with Crippen molar-refractivity contribution in [3.8, 4) is 11.3 Å². The summed E-state index contributed by atoms with van der Waals surface area (Å²) in [5.74, 6) is -0.518. The monoisotopic (exact) mass is 396 g/mol. The third-order valence-corrected chi connectivity index (χ3v) is 5.68. The molecule has 0 aliphatic carbocycles. The first kappa shape index (κ1) is 17.1. The van der Waals surface area contributed by atoms with Gasteiger partial charge in [0.25, 0.3) is 5.91 Å². The second kappa shape index (κ2) is 7.03. The molecule has 2 aromatic heterocycles. The molecule has 2 heterocycles. The molecule has 0 aliphatic rings. The maximum atomic E-state index is 12.3. The van der Waals surface area contributed by atoms with Crippen LogP contribution in [0.25, 0.3) is 11.3 Å². The van der Waals surface area contributed by atoms with E-state index in [4.69, 9.17) is 23.2 Å². The minimum atomic E-state index is -0.411. The molecule has 4 nitrogen and oxygen atoms in total. The molecule has 1 N–H and O–H groups in total. The number of carbonyl (C=O) groups excluding carboxylic acids is 2. The molecule has 8 heteroatoms. The highest BCUT2D eigenvalue weighted by Gasteiger charge is 2.20. The second-order valence-electron chi connectivity index (χ2n) is 4.81. The summed E-state index contributed by atoms with van der Waals surface area (Å²) in [6, 6.07) is 10.8. The Morgan fingerprint density at radius 3 is 2.42 bits per heavy atom. The number of nitrogens with zero attached hydrogens (tertiary/aromatic N) is 1. The van der Waals surface area contributed by atoms with Crippen molar-refractivity contribution in [2.75, 3.05) is 5.32 Å². The molecule has 0 saturated carbocycles. The number of aromatic nitrogens is 1. The normalized spacial score (nSPS) is 10.6. The van der Waals surface area contributed by atoms with Crippen molar-refractivity contribution >= 4 is 62.7 Å². The van der Waals surface area contributed by atoms with Gasteiger partial charge in [-0.1, -0.05) is 64.9 Å². The highest BCUT2D eigenvalue weighted by atomic mass is 35.5. The number of amides is 1. The molecule has 3 rings (SSSR count). The lowest BCUT2D eigenvalue weighted by molar-refractivity contribution is 0.101. The van der Waals surface area contributed by atoms with Crippen LogP contribution in [0, 0.1) is 0 Å². The molecule has 0 fully saturated rings. The van der Waals surface area contributed by atoms with Crippen LogP contribution in [-0.4, -0.2) is 16.7 Å². The van der Waals surface area contributed by atoms with Crippen molar-refractivity contribution in [2.24, 2.45) is 0 Å². The van der Waals surface area contributed by atoms with Gasteiger partial charge in [-0.3, -0.25) is 14.9 Å². The number of anilines is 1. The van der Waals surface area contributed by atoms with E-state index < -0.39 is 5.91 Å². The van der Waals surface area contributed by atoms with Crippen LogP contribution in [0.4, 0.5) is 5.13 Å². The number of thiazole rings is 1. The predicted molar refractivity (Wildman–Crippen MR) is 99.8 cm³/mol. The third-order valence-electron chi connectivity index (χ3n) is 3.12. The van der Waals surface area contributed by atoms with Gasteiger partial charge in [0, 0.05) is 12.5 Å². The zero-order chi connectivity index (χ0) is 17.3. The Balaban J connectivity index is 1.94. The maximum absolute atomic E-state index is 12.3. The van der Waals surface area contributed by atoms with Gasteiger partial charge in [-0.05, 0) is 6.07 Å². The summed E-state index contributed by atoms with van der Waals surface area (Å²) >= 11 is 14.1. The Labute approximate surface area is 156 Å². The molecular weight excluding hydrogens is 387 g/mol. The Morgan fingerprint density at radius 2 is 1.83 bits per heavy atom. The first-order valence-corrected chi connectivity index (χ1v) is 9.18. The lowest BCUT2D eigenvalue weighted by Gasteiger charge is -1.99. The lowest BCUT2D eigenvalue weighted by Crippen LogP contribution is -2.11. The van der Waals surface area contributed by atoms with Crippen LogP contribution in [0.15, 0.2) is 36.4 Å².